The number of nitrogens with zero attached hydrogens (tertiary/aromatic N) is 5. The van der Waals surface area contributed by atoms with Crippen LogP contribution in [0.4, 0.5) is 13.2 Å². The van der Waals surface area contributed by atoms with Gasteiger partial charge in [0.05, 0.1) is 0 Å². The van der Waals surface area contributed by atoms with Crippen LogP contribution in [0.1, 0.15) is 36.4 Å². The van der Waals surface area contributed by atoms with Crippen LogP contribution in [-0.2, 0) is 23.9 Å². The van der Waals surface area contributed by atoms with Gasteiger partial charge in [-0.2, -0.15) is 23.3 Å². The van der Waals surface area contributed by atoms with Crippen LogP contribution in [0.25, 0.3) is 0 Å². The van der Waals surface area contributed by atoms with Crippen LogP contribution in [0.15, 0.2) is 9.32 Å². The number of rotatable bonds is 3. The van der Waals surface area contributed by atoms with Gasteiger partial charge in [-0.05, 0) is 12.8 Å². The van der Waals surface area contributed by atoms with Gasteiger partial charge in [-0.3, -0.25) is 4.57 Å². The van der Waals surface area contributed by atoms with E-state index in [1.165, 1.54) is 0 Å². The Balaban J connectivity index is 1.92. The molecule has 0 radical (unpaired) electrons. The van der Waals surface area contributed by atoms with Gasteiger partial charge in [0.15, 0.2) is 0 Å². The normalized spacial score (nSPS) is 18.0. The van der Waals surface area contributed by atoms with Gasteiger partial charge in [-0.25, -0.2) is 14.3 Å². The molecule has 1 aliphatic rings. The van der Waals surface area contributed by atoms with Crippen molar-refractivity contribution in [1.29, 1.82) is 0 Å². The molecule has 0 amide bonds. The summed E-state index contributed by atoms with van der Waals surface area (Å²) in [5, 5.41) is 15.9. The Morgan fingerprint density at radius 3 is 2.78 bits per heavy atom. The van der Waals surface area contributed by atoms with E-state index in [4.69, 9.17) is 5.11 Å². The lowest BCUT2D eigenvalue weighted by Crippen LogP contribution is -2.34. The van der Waals surface area contributed by atoms with E-state index < -0.39 is 42.1 Å². The average molecular weight is 333 g/mol. The predicted molar refractivity (Wildman–Crippen MR) is 64.5 cm³/mol. The Bertz CT molecular complexity index is 805. The molecule has 3 heterocycles. The molecule has 9 nitrogen and oxygen atoms in total. The summed E-state index contributed by atoms with van der Waals surface area (Å²) in [7, 11) is 0. The van der Waals surface area contributed by atoms with E-state index in [9.17, 15) is 22.8 Å². The number of alkyl halides is 3. The van der Waals surface area contributed by atoms with Crippen LogP contribution in [0.2, 0.25) is 0 Å². The van der Waals surface area contributed by atoms with Gasteiger partial charge in [0.2, 0.25) is 5.89 Å². The van der Waals surface area contributed by atoms with Crippen LogP contribution in [0.5, 0.6) is 0 Å². The van der Waals surface area contributed by atoms with Crippen LogP contribution in [0, 0.1) is 0 Å². The summed E-state index contributed by atoms with van der Waals surface area (Å²) >= 11 is 0. The number of aliphatic carboxylic acids is 1. The lowest BCUT2D eigenvalue weighted by Gasteiger charge is -2.19. The van der Waals surface area contributed by atoms with Gasteiger partial charge in [0.1, 0.15) is 18.4 Å². The maximum absolute atomic E-state index is 12.4. The van der Waals surface area contributed by atoms with E-state index in [1.807, 2.05) is 0 Å². The van der Waals surface area contributed by atoms with Crippen molar-refractivity contribution in [2.75, 3.05) is 0 Å². The molecule has 0 saturated carbocycles. The number of carboxylic acid groups (broad SMARTS) is 1. The Morgan fingerprint density at radius 2 is 2.17 bits per heavy atom. The highest BCUT2D eigenvalue weighted by Crippen LogP contribution is 2.26. The smallest absolute Gasteiger partial charge is 0.455 e. The van der Waals surface area contributed by atoms with Crippen molar-refractivity contribution in [3.8, 4) is 0 Å². The largest absolute Gasteiger partial charge is 0.480 e. The molecule has 124 valence electrons. The molecule has 1 N–H and O–H groups in total. The first-order valence-electron chi connectivity index (χ1n) is 6.58. The first kappa shape index (κ1) is 15.2. The number of aryl methyl sites for hydroxylation is 1. The van der Waals surface area contributed by atoms with Gasteiger partial charge in [-0.1, -0.05) is 5.16 Å². The van der Waals surface area contributed by atoms with Crippen LogP contribution >= 0.6 is 0 Å². The lowest BCUT2D eigenvalue weighted by molar-refractivity contribution is -0.146. The fraction of sp³-hybridized carbons (Fsp3) is 0.545. The van der Waals surface area contributed by atoms with E-state index in [0.29, 0.717) is 12.8 Å². The van der Waals surface area contributed by atoms with Crippen molar-refractivity contribution in [3.63, 3.8) is 0 Å². The zero-order chi connectivity index (χ0) is 16.8. The second-order valence-electron chi connectivity index (χ2n) is 4.98. The number of hydrogen-bond acceptors (Lipinski definition) is 6. The SMILES string of the molecule is O=C(O)[C@@H]1CCCc2nn(Cc3nc(C(F)(F)F)no3)c(=O)n21. The predicted octanol–water partition coefficient (Wildman–Crippen LogP) is 0.457. The van der Waals surface area contributed by atoms with Crippen molar-refractivity contribution >= 4 is 5.97 Å². The second kappa shape index (κ2) is 5.21. The molecule has 0 spiro atoms. The molecule has 1 atom stereocenters. The Kier molecular flexibility index (Phi) is 3.45. The highest BCUT2D eigenvalue weighted by atomic mass is 19.4. The molecule has 2 aromatic heterocycles. The van der Waals surface area contributed by atoms with Crippen LogP contribution < -0.4 is 5.69 Å². The molecule has 12 heteroatoms. The summed E-state index contributed by atoms with van der Waals surface area (Å²) in [6, 6.07) is -1.03. The first-order valence-corrected chi connectivity index (χ1v) is 6.58. The Labute approximate surface area is 125 Å². The number of hydrogen-bond donors (Lipinski definition) is 1. The summed E-state index contributed by atoms with van der Waals surface area (Å²) in [5.41, 5.74) is -0.737. The molecule has 1 aliphatic heterocycles. The van der Waals surface area contributed by atoms with E-state index >= 15 is 0 Å². The molecule has 23 heavy (non-hydrogen) atoms. The van der Waals surface area contributed by atoms with Crippen molar-refractivity contribution in [2.45, 2.75) is 38.0 Å². The topological polar surface area (TPSA) is 116 Å². The summed E-state index contributed by atoms with van der Waals surface area (Å²) in [6.07, 6.45) is -3.52. The van der Waals surface area contributed by atoms with Gasteiger partial charge in [0, 0.05) is 6.42 Å². The van der Waals surface area contributed by atoms with Crippen molar-refractivity contribution in [3.05, 3.63) is 28.0 Å². The van der Waals surface area contributed by atoms with Gasteiger partial charge < -0.3 is 9.63 Å². The minimum Gasteiger partial charge on any atom is -0.480 e. The summed E-state index contributed by atoms with van der Waals surface area (Å²) in [5.74, 6) is -2.79. The van der Waals surface area contributed by atoms with Crippen molar-refractivity contribution < 1.29 is 27.6 Å². The molecule has 0 bridgehead atoms. The molecular weight excluding hydrogens is 323 g/mol. The van der Waals surface area contributed by atoms with Gasteiger partial charge in [-0.15, -0.1) is 0 Å². The zero-order valence-electron chi connectivity index (χ0n) is 11.4. The van der Waals surface area contributed by atoms with Crippen LogP contribution in [-0.4, -0.2) is 35.6 Å². The van der Waals surface area contributed by atoms with E-state index in [0.717, 1.165) is 9.25 Å². The molecule has 2 aromatic rings. The third kappa shape index (κ3) is 2.71. The molecule has 0 aliphatic carbocycles. The molecular formula is C11H10F3N5O4. The Hall–Kier alpha value is -2.66. The zero-order valence-corrected chi connectivity index (χ0v) is 11.4. The summed E-state index contributed by atoms with van der Waals surface area (Å²) in [4.78, 5) is 26.6. The number of carboxylic acids is 1. The van der Waals surface area contributed by atoms with Crippen molar-refractivity contribution in [1.82, 2.24) is 24.5 Å². The lowest BCUT2D eigenvalue weighted by atomic mass is 10.1. The molecule has 3 rings (SSSR count). The quantitative estimate of drug-likeness (QED) is 0.867. The maximum atomic E-state index is 12.4. The van der Waals surface area contributed by atoms with E-state index in [2.05, 4.69) is 19.8 Å². The maximum Gasteiger partial charge on any atom is 0.455 e. The standard InChI is InChI=1S/C11H10F3N5O4/c12-11(13,14)9-15-7(23-17-9)4-18-10(22)19-5(8(20)21)2-1-3-6(19)16-18/h5H,1-4H2,(H,20,21)/t5-/m0/s1. The highest BCUT2D eigenvalue weighted by Gasteiger charge is 2.37. The molecule has 0 saturated heterocycles. The highest BCUT2D eigenvalue weighted by molar-refractivity contribution is 5.72. The molecule has 0 aromatic carbocycles. The Morgan fingerprint density at radius 1 is 1.43 bits per heavy atom. The molecule has 0 fully saturated rings. The van der Waals surface area contributed by atoms with Crippen molar-refractivity contribution in [2.24, 2.45) is 0 Å². The summed E-state index contributed by atoms with van der Waals surface area (Å²) < 4.78 is 43.5. The van der Waals surface area contributed by atoms with Gasteiger partial charge >= 0.3 is 17.8 Å². The fourth-order valence-corrected chi connectivity index (χ4v) is 2.43. The number of aromatic nitrogens is 5. The number of halogens is 3. The monoisotopic (exact) mass is 333 g/mol. The minimum absolute atomic E-state index is 0.268. The minimum atomic E-state index is -4.76. The summed E-state index contributed by atoms with van der Waals surface area (Å²) in [6.45, 7) is -0.464. The fourth-order valence-electron chi connectivity index (χ4n) is 2.43. The van der Waals surface area contributed by atoms with E-state index in [-0.39, 0.29) is 12.2 Å². The number of carbonyl (C=O) groups is 1. The van der Waals surface area contributed by atoms with Crippen LogP contribution in [0.3, 0.4) is 0 Å². The molecule has 0 unspecified atom stereocenters. The second-order valence-corrected chi connectivity index (χ2v) is 4.98. The first-order chi connectivity index (χ1) is 10.8. The number of fused-ring (bicyclic) bond motifs is 1. The average Bonchev–Trinajstić information content (AvgIpc) is 3.05. The third-order valence-electron chi connectivity index (χ3n) is 3.42. The van der Waals surface area contributed by atoms with E-state index in [1.54, 1.807) is 0 Å². The van der Waals surface area contributed by atoms with Gasteiger partial charge in [0.25, 0.3) is 5.82 Å². The third-order valence-corrected chi connectivity index (χ3v) is 3.42.